The molecule has 1 N–H and O–H groups in total. The molecule has 0 amide bonds. The number of anilines is 1. The van der Waals surface area contributed by atoms with Crippen LogP contribution in [-0.2, 0) is 10.8 Å². The summed E-state index contributed by atoms with van der Waals surface area (Å²) >= 11 is 1.43. The molecule has 0 radical (unpaired) electrons. The maximum Gasteiger partial charge on any atom is 0.183 e. The molecule has 2 rings (SSSR count). The summed E-state index contributed by atoms with van der Waals surface area (Å²) in [6, 6.07) is 4.57. The highest BCUT2D eigenvalue weighted by Crippen LogP contribution is 2.26. The molecular weight excluding hydrogens is 259 g/mol. The number of rotatable bonds is 5. The first-order valence-corrected chi connectivity index (χ1v) is 7.79. The Hall–Kier alpha value is -1.01. The second-order valence-electron chi connectivity index (χ2n) is 3.69. The van der Waals surface area contributed by atoms with E-state index < -0.39 is 10.8 Å². The Bertz CT molecular complexity index is 541. The van der Waals surface area contributed by atoms with Gasteiger partial charge in [0.25, 0.3) is 0 Å². The topological polar surface area (TPSA) is 42.0 Å². The summed E-state index contributed by atoms with van der Waals surface area (Å²) < 4.78 is 24.7. The van der Waals surface area contributed by atoms with Crippen molar-refractivity contribution < 1.29 is 8.60 Å². The highest BCUT2D eigenvalue weighted by molar-refractivity contribution is 7.84. The minimum atomic E-state index is -0.748. The molecule has 0 saturated carbocycles. The SMILES string of the molecule is CS(=O)CCCNc1nc2ccc(F)cc2s1. The maximum absolute atomic E-state index is 13.0. The zero-order chi connectivity index (χ0) is 12.3. The van der Waals surface area contributed by atoms with Gasteiger partial charge in [0, 0.05) is 29.4 Å². The predicted molar refractivity (Wildman–Crippen MR) is 71.6 cm³/mol. The Morgan fingerprint density at radius 3 is 3.12 bits per heavy atom. The van der Waals surface area contributed by atoms with Crippen molar-refractivity contribution >= 4 is 37.5 Å². The molecule has 1 aromatic heterocycles. The third-order valence-electron chi connectivity index (χ3n) is 2.24. The molecule has 1 atom stereocenters. The van der Waals surface area contributed by atoms with E-state index in [1.807, 2.05) is 0 Å². The normalized spacial score (nSPS) is 12.8. The second kappa shape index (κ2) is 5.55. The molecule has 0 bridgehead atoms. The Kier molecular flexibility index (Phi) is 4.06. The largest absolute Gasteiger partial charge is 0.361 e. The van der Waals surface area contributed by atoms with Gasteiger partial charge in [-0.1, -0.05) is 11.3 Å². The monoisotopic (exact) mass is 272 g/mol. The van der Waals surface area contributed by atoms with Crippen LogP contribution in [0.25, 0.3) is 10.2 Å². The van der Waals surface area contributed by atoms with Gasteiger partial charge in [-0.15, -0.1) is 0 Å². The summed E-state index contributed by atoms with van der Waals surface area (Å²) in [5.41, 5.74) is 0.804. The Morgan fingerprint density at radius 2 is 2.35 bits per heavy atom. The van der Waals surface area contributed by atoms with Crippen molar-refractivity contribution in [2.75, 3.05) is 23.9 Å². The Labute approximate surface area is 106 Å². The standard InChI is InChI=1S/C11H13FN2OS2/c1-17(15)6-2-5-13-11-14-9-4-3-8(12)7-10(9)16-11/h3-4,7H,2,5-6H2,1H3,(H,13,14). The molecule has 1 heterocycles. The number of fused-ring (bicyclic) bond motifs is 1. The van der Waals surface area contributed by atoms with Gasteiger partial charge in [-0.25, -0.2) is 9.37 Å². The lowest BCUT2D eigenvalue weighted by Gasteiger charge is -1.99. The summed E-state index contributed by atoms with van der Waals surface area (Å²) in [6.45, 7) is 0.738. The van der Waals surface area contributed by atoms with Crippen LogP contribution in [0.1, 0.15) is 6.42 Å². The highest BCUT2D eigenvalue weighted by Gasteiger charge is 2.04. The van der Waals surface area contributed by atoms with Gasteiger partial charge in [0.05, 0.1) is 10.2 Å². The van der Waals surface area contributed by atoms with Crippen LogP contribution in [-0.4, -0.2) is 27.7 Å². The Balaban J connectivity index is 1.97. The number of nitrogens with zero attached hydrogens (tertiary/aromatic N) is 1. The van der Waals surface area contributed by atoms with E-state index in [0.717, 1.165) is 28.3 Å². The van der Waals surface area contributed by atoms with Gasteiger partial charge in [0.1, 0.15) is 5.82 Å². The second-order valence-corrected chi connectivity index (χ2v) is 6.27. The van der Waals surface area contributed by atoms with Crippen molar-refractivity contribution in [1.82, 2.24) is 4.98 Å². The van der Waals surface area contributed by atoms with Crippen molar-refractivity contribution in [1.29, 1.82) is 0 Å². The lowest BCUT2D eigenvalue weighted by Crippen LogP contribution is -2.05. The molecule has 0 fully saturated rings. The summed E-state index contributed by atoms with van der Waals surface area (Å²) in [5, 5.41) is 3.94. The van der Waals surface area contributed by atoms with Crippen LogP contribution in [0, 0.1) is 5.82 Å². The molecule has 0 spiro atoms. The first-order valence-electron chi connectivity index (χ1n) is 5.25. The maximum atomic E-state index is 13.0. The molecule has 1 unspecified atom stereocenters. The molecule has 0 saturated heterocycles. The first-order chi connectivity index (χ1) is 8.15. The smallest absolute Gasteiger partial charge is 0.183 e. The molecule has 0 aliphatic rings. The van der Waals surface area contributed by atoms with Crippen LogP contribution in [0.5, 0.6) is 0 Å². The van der Waals surface area contributed by atoms with Gasteiger partial charge in [0.2, 0.25) is 0 Å². The molecule has 17 heavy (non-hydrogen) atoms. The van der Waals surface area contributed by atoms with Gasteiger partial charge in [-0.05, 0) is 24.6 Å². The number of halogens is 1. The van der Waals surface area contributed by atoms with E-state index >= 15 is 0 Å². The zero-order valence-corrected chi connectivity index (χ0v) is 11.0. The van der Waals surface area contributed by atoms with E-state index in [4.69, 9.17) is 0 Å². The van der Waals surface area contributed by atoms with Crippen LogP contribution in [0.15, 0.2) is 18.2 Å². The van der Waals surface area contributed by atoms with Crippen LogP contribution < -0.4 is 5.32 Å². The molecule has 92 valence electrons. The van der Waals surface area contributed by atoms with Crippen molar-refractivity contribution in [2.45, 2.75) is 6.42 Å². The van der Waals surface area contributed by atoms with Crippen molar-refractivity contribution in [3.05, 3.63) is 24.0 Å². The van der Waals surface area contributed by atoms with Gasteiger partial charge in [-0.3, -0.25) is 4.21 Å². The molecule has 1 aromatic carbocycles. The summed E-state index contributed by atoms with van der Waals surface area (Å²) in [6.07, 6.45) is 2.54. The van der Waals surface area contributed by atoms with Crippen molar-refractivity contribution in [3.63, 3.8) is 0 Å². The third kappa shape index (κ3) is 3.47. The van der Waals surface area contributed by atoms with Crippen molar-refractivity contribution in [3.8, 4) is 0 Å². The fourth-order valence-corrected chi connectivity index (χ4v) is 2.91. The molecule has 0 aliphatic carbocycles. The average molecular weight is 272 g/mol. The van der Waals surface area contributed by atoms with Crippen LogP contribution in [0.4, 0.5) is 9.52 Å². The van der Waals surface area contributed by atoms with Crippen LogP contribution in [0.2, 0.25) is 0 Å². The Morgan fingerprint density at radius 1 is 1.53 bits per heavy atom. The zero-order valence-electron chi connectivity index (χ0n) is 9.40. The third-order valence-corrected chi connectivity index (χ3v) is 4.07. The van der Waals surface area contributed by atoms with Crippen LogP contribution >= 0.6 is 11.3 Å². The molecule has 6 heteroatoms. The van der Waals surface area contributed by atoms with Crippen molar-refractivity contribution in [2.24, 2.45) is 0 Å². The minimum absolute atomic E-state index is 0.242. The van der Waals surface area contributed by atoms with E-state index in [2.05, 4.69) is 10.3 Å². The fourth-order valence-electron chi connectivity index (χ4n) is 1.44. The van der Waals surface area contributed by atoms with E-state index in [9.17, 15) is 8.60 Å². The average Bonchev–Trinajstić information content (AvgIpc) is 2.66. The fraction of sp³-hybridized carbons (Fsp3) is 0.364. The number of nitrogens with one attached hydrogen (secondary N) is 1. The van der Waals surface area contributed by atoms with E-state index in [1.54, 1.807) is 12.3 Å². The van der Waals surface area contributed by atoms with Gasteiger partial charge < -0.3 is 5.32 Å². The van der Waals surface area contributed by atoms with E-state index in [-0.39, 0.29) is 5.82 Å². The lowest BCUT2D eigenvalue weighted by atomic mass is 10.3. The first kappa shape index (κ1) is 12.4. The summed E-state index contributed by atoms with van der Waals surface area (Å²) in [7, 11) is -0.748. The summed E-state index contributed by atoms with van der Waals surface area (Å²) in [5.74, 6) is 0.445. The van der Waals surface area contributed by atoms with Gasteiger partial charge >= 0.3 is 0 Å². The van der Waals surface area contributed by atoms with Gasteiger partial charge in [0.15, 0.2) is 5.13 Å². The quantitative estimate of drug-likeness (QED) is 0.851. The number of aromatic nitrogens is 1. The minimum Gasteiger partial charge on any atom is -0.361 e. The summed E-state index contributed by atoms with van der Waals surface area (Å²) in [4.78, 5) is 4.34. The lowest BCUT2D eigenvalue weighted by molar-refractivity contribution is 0.630. The molecule has 2 aromatic rings. The predicted octanol–water partition coefficient (Wildman–Crippen LogP) is 2.62. The number of hydrogen-bond donors (Lipinski definition) is 1. The number of thiazole rings is 1. The van der Waals surface area contributed by atoms with Gasteiger partial charge in [-0.2, -0.15) is 0 Å². The number of hydrogen-bond acceptors (Lipinski definition) is 4. The van der Waals surface area contributed by atoms with Crippen LogP contribution in [0.3, 0.4) is 0 Å². The molecule has 0 aliphatic heterocycles. The van der Waals surface area contributed by atoms with E-state index in [1.165, 1.54) is 23.5 Å². The number of benzene rings is 1. The molecule has 3 nitrogen and oxygen atoms in total. The van der Waals surface area contributed by atoms with E-state index in [0.29, 0.717) is 5.75 Å². The molecular formula is C11H13FN2OS2. The highest BCUT2D eigenvalue weighted by atomic mass is 32.2.